The van der Waals surface area contributed by atoms with Crippen molar-refractivity contribution in [3.63, 3.8) is 0 Å². The van der Waals surface area contributed by atoms with E-state index < -0.39 is 0 Å². The van der Waals surface area contributed by atoms with Gasteiger partial charge in [0.25, 0.3) is 0 Å². The Morgan fingerprint density at radius 2 is 2.18 bits per heavy atom. The van der Waals surface area contributed by atoms with Gasteiger partial charge in [-0.2, -0.15) is 0 Å². The van der Waals surface area contributed by atoms with E-state index in [1.807, 2.05) is 0 Å². The number of hydrogen-bond donors (Lipinski definition) is 2. The molecule has 5 heteroatoms. The van der Waals surface area contributed by atoms with Gasteiger partial charge < -0.3 is 15.8 Å². The predicted molar refractivity (Wildman–Crippen MR) is 71.3 cm³/mol. The number of hydrogen-bond acceptors (Lipinski definition) is 3. The number of halogens is 1. The number of carbonyl (C=O) groups excluding carboxylic acids is 1. The Balaban J connectivity index is 0.00000256. The van der Waals surface area contributed by atoms with Gasteiger partial charge in [0.2, 0.25) is 5.91 Å². The standard InChI is InChI=1S/C12H24N2O2.ClH/c1-9(2)7-10(8-13)14-12(15)11-5-3-4-6-16-11;/h9-11H,3-8,13H2,1-2H3,(H,14,15);1H. The summed E-state index contributed by atoms with van der Waals surface area (Å²) < 4.78 is 5.44. The highest BCUT2D eigenvalue weighted by molar-refractivity contribution is 5.85. The molecule has 102 valence electrons. The summed E-state index contributed by atoms with van der Waals surface area (Å²) in [4.78, 5) is 11.9. The first kappa shape index (κ1) is 16.7. The van der Waals surface area contributed by atoms with Crippen molar-refractivity contribution in [1.29, 1.82) is 0 Å². The second kappa shape index (κ2) is 8.72. The first-order chi connectivity index (χ1) is 7.63. The molecule has 0 bridgehead atoms. The van der Waals surface area contributed by atoms with Gasteiger partial charge in [-0.05, 0) is 31.6 Å². The minimum atomic E-state index is -0.255. The summed E-state index contributed by atoms with van der Waals surface area (Å²) in [5, 5.41) is 2.98. The van der Waals surface area contributed by atoms with Gasteiger partial charge in [0, 0.05) is 19.2 Å². The van der Waals surface area contributed by atoms with Crippen molar-refractivity contribution in [1.82, 2.24) is 5.32 Å². The fourth-order valence-electron chi connectivity index (χ4n) is 2.02. The third kappa shape index (κ3) is 6.24. The van der Waals surface area contributed by atoms with E-state index in [9.17, 15) is 4.79 Å². The summed E-state index contributed by atoms with van der Waals surface area (Å²) in [6.07, 6.45) is 3.65. The molecule has 1 rings (SSSR count). The van der Waals surface area contributed by atoms with Crippen molar-refractivity contribution in [2.45, 2.75) is 51.7 Å². The van der Waals surface area contributed by atoms with Crippen molar-refractivity contribution in [2.75, 3.05) is 13.2 Å². The lowest BCUT2D eigenvalue weighted by atomic mass is 10.0. The molecule has 0 saturated carbocycles. The third-order valence-corrected chi connectivity index (χ3v) is 2.86. The first-order valence-electron chi connectivity index (χ1n) is 6.25. The predicted octanol–water partition coefficient (Wildman–Crippen LogP) is 1.47. The van der Waals surface area contributed by atoms with Crippen LogP contribution in [0.5, 0.6) is 0 Å². The number of ether oxygens (including phenoxy) is 1. The summed E-state index contributed by atoms with van der Waals surface area (Å²) in [6.45, 7) is 5.46. The molecule has 2 unspecified atom stereocenters. The van der Waals surface area contributed by atoms with E-state index in [1.54, 1.807) is 0 Å². The van der Waals surface area contributed by atoms with Crippen molar-refractivity contribution in [3.05, 3.63) is 0 Å². The lowest BCUT2D eigenvalue weighted by molar-refractivity contribution is -0.136. The summed E-state index contributed by atoms with van der Waals surface area (Å²) in [5.74, 6) is 0.553. The van der Waals surface area contributed by atoms with Gasteiger partial charge in [-0.15, -0.1) is 12.4 Å². The highest BCUT2D eigenvalue weighted by atomic mass is 35.5. The monoisotopic (exact) mass is 264 g/mol. The van der Waals surface area contributed by atoms with E-state index in [-0.39, 0.29) is 30.5 Å². The minimum Gasteiger partial charge on any atom is -0.368 e. The number of nitrogens with one attached hydrogen (secondary N) is 1. The smallest absolute Gasteiger partial charge is 0.249 e. The largest absolute Gasteiger partial charge is 0.368 e. The molecular weight excluding hydrogens is 240 g/mol. The van der Waals surface area contributed by atoms with Gasteiger partial charge in [-0.3, -0.25) is 4.79 Å². The van der Waals surface area contributed by atoms with Crippen LogP contribution < -0.4 is 11.1 Å². The lowest BCUT2D eigenvalue weighted by Crippen LogP contribution is -2.47. The van der Waals surface area contributed by atoms with Gasteiger partial charge in [0.05, 0.1) is 0 Å². The fourth-order valence-corrected chi connectivity index (χ4v) is 2.02. The number of rotatable bonds is 5. The average Bonchev–Trinajstić information content (AvgIpc) is 2.28. The maximum Gasteiger partial charge on any atom is 0.249 e. The summed E-state index contributed by atoms with van der Waals surface area (Å²) in [6, 6.07) is 0.0815. The van der Waals surface area contributed by atoms with Crippen LogP contribution in [0.15, 0.2) is 0 Å². The fraction of sp³-hybridized carbons (Fsp3) is 0.917. The maximum absolute atomic E-state index is 11.9. The topological polar surface area (TPSA) is 64.3 Å². The van der Waals surface area contributed by atoms with E-state index in [0.29, 0.717) is 19.1 Å². The van der Waals surface area contributed by atoms with Gasteiger partial charge in [0.15, 0.2) is 0 Å². The molecule has 0 aromatic rings. The Morgan fingerprint density at radius 3 is 2.65 bits per heavy atom. The van der Waals surface area contributed by atoms with E-state index in [4.69, 9.17) is 10.5 Å². The Bertz CT molecular complexity index is 219. The first-order valence-corrected chi connectivity index (χ1v) is 6.25. The van der Waals surface area contributed by atoms with Crippen LogP contribution >= 0.6 is 12.4 Å². The molecule has 1 aliphatic rings. The van der Waals surface area contributed by atoms with Crippen LogP contribution in [0.3, 0.4) is 0 Å². The summed E-state index contributed by atoms with van der Waals surface area (Å²) >= 11 is 0. The number of nitrogens with two attached hydrogens (primary N) is 1. The van der Waals surface area contributed by atoms with Crippen LogP contribution in [0, 0.1) is 5.92 Å². The SMILES string of the molecule is CC(C)CC(CN)NC(=O)C1CCCCO1.Cl. The maximum atomic E-state index is 11.9. The van der Waals surface area contributed by atoms with Crippen LogP contribution in [0.25, 0.3) is 0 Å². The van der Waals surface area contributed by atoms with Crippen LogP contribution in [0.1, 0.15) is 39.5 Å². The van der Waals surface area contributed by atoms with Crippen molar-refractivity contribution in [2.24, 2.45) is 11.7 Å². The zero-order valence-electron chi connectivity index (χ0n) is 10.8. The average molecular weight is 265 g/mol. The minimum absolute atomic E-state index is 0. The zero-order chi connectivity index (χ0) is 12.0. The second-order valence-electron chi connectivity index (χ2n) is 4.93. The normalized spacial score (nSPS) is 21.8. The van der Waals surface area contributed by atoms with E-state index in [0.717, 1.165) is 25.7 Å². The van der Waals surface area contributed by atoms with Crippen LogP contribution in [-0.2, 0) is 9.53 Å². The van der Waals surface area contributed by atoms with E-state index in [1.165, 1.54) is 0 Å². The second-order valence-corrected chi connectivity index (χ2v) is 4.93. The molecule has 1 saturated heterocycles. The molecule has 0 aromatic heterocycles. The molecule has 4 nitrogen and oxygen atoms in total. The Morgan fingerprint density at radius 1 is 1.47 bits per heavy atom. The quantitative estimate of drug-likeness (QED) is 0.790. The van der Waals surface area contributed by atoms with Gasteiger partial charge >= 0.3 is 0 Å². The van der Waals surface area contributed by atoms with Gasteiger partial charge in [0.1, 0.15) is 6.10 Å². The molecule has 1 heterocycles. The van der Waals surface area contributed by atoms with Crippen LogP contribution in [-0.4, -0.2) is 31.2 Å². The third-order valence-electron chi connectivity index (χ3n) is 2.86. The molecule has 0 aromatic carbocycles. The molecule has 2 atom stereocenters. The molecule has 0 radical (unpaired) electrons. The van der Waals surface area contributed by atoms with Gasteiger partial charge in [-0.25, -0.2) is 0 Å². The van der Waals surface area contributed by atoms with E-state index >= 15 is 0 Å². The highest BCUT2D eigenvalue weighted by Crippen LogP contribution is 2.13. The van der Waals surface area contributed by atoms with Crippen LogP contribution in [0.4, 0.5) is 0 Å². The molecule has 3 N–H and O–H groups in total. The van der Waals surface area contributed by atoms with Crippen LogP contribution in [0.2, 0.25) is 0 Å². The Kier molecular flexibility index (Phi) is 8.56. The molecule has 1 aliphatic heterocycles. The zero-order valence-corrected chi connectivity index (χ0v) is 11.6. The molecule has 0 spiro atoms. The van der Waals surface area contributed by atoms with Crippen molar-refractivity contribution in [3.8, 4) is 0 Å². The number of amides is 1. The number of carbonyl (C=O) groups is 1. The Hall–Kier alpha value is -0.320. The lowest BCUT2D eigenvalue weighted by Gasteiger charge is -2.25. The van der Waals surface area contributed by atoms with Crippen molar-refractivity contribution >= 4 is 18.3 Å². The Labute approximate surface area is 110 Å². The molecular formula is C12H25ClN2O2. The molecule has 0 aliphatic carbocycles. The molecule has 1 amide bonds. The summed E-state index contributed by atoms with van der Waals surface area (Å²) in [5.41, 5.74) is 5.64. The molecule has 1 fully saturated rings. The summed E-state index contributed by atoms with van der Waals surface area (Å²) in [7, 11) is 0. The van der Waals surface area contributed by atoms with Crippen molar-refractivity contribution < 1.29 is 9.53 Å². The molecule has 17 heavy (non-hydrogen) atoms. The van der Waals surface area contributed by atoms with E-state index in [2.05, 4.69) is 19.2 Å². The van der Waals surface area contributed by atoms with Gasteiger partial charge in [-0.1, -0.05) is 13.8 Å². The highest BCUT2D eigenvalue weighted by Gasteiger charge is 2.23.